The fourth-order valence-corrected chi connectivity index (χ4v) is 3.71. The van der Waals surface area contributed by atoms with Gasteiger partial charge in [0, 0.05) is 5.69 Å². The summed E-state index contributed by atoms with van der Waals surface area (Å²) in [4.78, 5) is 23.6. The van der Waals surface area contributed by atoms with Crippen molar-refractivity contribution in [3.63, 3.8) is 0 Å². The fourth-order valence-electron chi connectivity index (χ4n) is 1.70. The lowest BCUT2D eigenvalue weighted by Gasteiger charge is -2.13. The van der Waals surface area contributed by atoms with Crippen molar-refractivity contribution in [2.45, 2.75) is 17.2 Å². The number of thiophene rings is 1. The zero-order valence-corrected chi connectivity index (χ0v) is 14.4. The predicted octanol–water partition coefficient (Wildman–Crippen LogP) is 1.60. The standard InChI is InChI=1S/C15H16N2O5S2/c1-11(15(19)17-12-6-3-2-4-7-12)22-13(18)10-16-24(20,21)14-8-5-9-23-14/h2-9,11,16H,10H2,1H3,(H,17,19). The summed E-state index contributed by atoms with van der Waals surface area (Å²) in [5, 5.41) is 4.20. The number of rotatable bonds is 7. The molecule has 1 aromatic carbocycles. The van der Waals surface area contributed by atoms with Crippen molar-refractivity contribution in [1.82, 2.24) is 4.72 Å². The van der Waals surface area contributed by atoms with Crippen LogP contribution in [0.4, 0.5) is 5.69 Å². The molecule has 1 amide bonds. The van der Waals surface area contributed by atoms with Crippen LogP contribution in [0.15, 0.2) is 52.1 Å². The van der Waals surface area contributed by atoms with Gasteiger partial charge in [0.25, 0.3) is 15.9 Å². The Labute approximate surface area is 143 Å². The van der Waals surface area contributed by atoms with Gasteiger partial charge in [-0.3, -0.25) is 9.59 Å². The van der Waals surface area contributed by atoms with Crippen molar-refractivity contribution < 1.29 is 22.7 Å². The Morgan fingerprint density at radius 1 is 1.17 bits per heavy atom. The quantitative estimate of drug-likeness (QED) is 0.723. The zero-order chi connectivity index (χ0) is 17.6. The van der Waals surface area contributed by atoms with Crippen molar-refractivity contribution >= 4 is 38.9 Å². The molecule has 1 heterocycles. The number of benzene rings is 1. The van der Waals surface area contributed by atoms with Crippen LogP contribution in [0.1, 0.15) is 6.92 Å². The molecule has 2 rings (SSSR count). The van der Waals surface area contributed by atoms with Crippen molar-refractivity contribution in [3.8, 4) is 0 Å². The maximum Gasteiger partial charge on any atom is 0.321 e. The first-order valence-electron chi connectivity index (χ1n) is 6.97. The number of carbonyl (C=O) groups excluding carboxylic acids is 2. The number of hydrogen-bond acceptors (Lipinski definition) is 6. The van der Waals surface area contributed by atoms with E-state index in [2.05, 4.69) is 10.0 Å². The number of carbonyl (C=O) groups is 2. The van der Waals surface area contributed by atoms with Crippen LogP contribution in [0, 0.1) is 0 Å². The highest BCUT2D eigenvalue weighted by Crippen LogP contribution is 2.15. The predicted molar refractivity (Wildman–Crippen MR) is 90.1 cm³/mol. The summed E-state index contributed by atoms with van der Waals surface area (Å²) >= 11 is 1.03. The second-order valence-corrected chi connectivity index (χ2v) is 7.69. The molecule has 2 N–H and O–H groups in total. The van der Waals surface area contributed by atoms with E-state index in [1.807, 2.05) is 0 Å². The average molecular weight is 368 g/mol. The molecular formula is C15H16N2O5S2. The van der Waals surface area contributed by atoms with E-state index in [1.165, 1.54) is 13.0 Å². The van der Waals surface area contributed by atoms with E-state index in [1.54, 1.807) is 41.8 Å². The van der Waals surface area contributed by atoms with Crippen LogP contribution < -0.4 is 10.0 Å². The Hall–Kier alpha value is -2.23. The molecular weight excluding hydrogens is 352 g/mol. The number of amides is 1. The normalized spacial score (nSPS) is 12.4. The molecule has 0 aliphatic rings. The summed E-state index contributed by atoms with van der Waals surface area (Å²) < 4.78 is 30.9. The SMILES string of the molecule is CC(OC(=O)CNS(=O)(=O)c1cccs1)C(=O)Nc1ccccc1. The van der Waals surface area contributed by atoms with Crippen LogP contribution in [0.25, 0.3) is 0 Å². The van der Waals surface area contributed by atoms with Gasteiger partial charge in [-0.2, -0.15) is 4.72 Å². The van der Waals surface area contributed by atoms with E-state index in [-0.39, 0.29) is 4.21 Å². The second kappa shape index (κ2) is 8.04. The third-order valence-electron chi connectivity index (χ3n) is 2.89. The lowest BCUT2D eigenvalue weighted by atomic mass is 10.3. The number of nitrogens with one attached hydrogen (secondary N) is 2. The fraction of sp³-hybridized carbons (Fsp3) is 0.200. The number of sulfonamides is 1. The first-order valence-corrected chi connectivity index (χ1v) is 9.33. The van der Waals surface area contributed by atoms with Crippen molar-refractivity contribution in [3.05, 3.63) is 47.8 Å². The van der Waals surface area contributed by atoms with Crippen molar-refractivity contribution in [1.29, 1.82) is 0 Å². The van der Waals surface area contributed by atoms with Crippen LogP contribution in [0.3, 0.4) is 0 Å². The van der Waals surface area contributed by atoms with Gasteiger partial charge in [0.15, 0.2) is 6.10 Å². The topological polar surface area (TPSA) is 102 Å². The second-order valence-electron chi connectivity index (χ2n) is 4.74. The summed E-state index contributed by atoms with van der Waals surface area (Å²) in [7, 11) is -3.75. The Morgan fingerprint density at radius 2 is 1.88 bits per heavy atom. The lowest BCUT2D eigenvalue weighted by molar-refractivity contribution is -0.151. The van der Waals surface area contributed by atoms with E-state index in [0.29, 0.717) is 5.69 Å². The van der Waals surface area contributed by atoms with Crippen LogP contribution in [-0.4, -0.2) is 32.9 Å². The molecule has 7 nitrogen and oxygen atoms in total. The summed E-state index contributed by atoms with van der Waals surface area (Å²) in [5.41, 5.74) is 0.573. The summed E-state index contributed by atoms with van der Waals surface area (Å²) in [6, 6.07) is 11.7. The maximum atomic E-state index is 11.9. The van der Waals surface area contributed by atoms with Crippen LogP contribution in [0.5, 0.6) is 0 Å². The third-order valence-corrected chi connectivity index (χ3v) is 5.68. The molecule has 1 aromatic heterocycles. The minimum Gasteiger partial charge on any atom is -0.452 e. The molecule has 128 valence electrons. The van der Waals surface area contributed by atoms with Gasteiger partial charge in [0.2, 0.25) is 0 Å². The minimum atomic E-state index is -3.75. The Morgan fingerprint density at radius 3 is 2.50 bits per heavy atom. The highest BCUT2D eigenvalue weighted by atomic mass is 32.2. The van der Waals surface area contributed by atoms with Gasteiger partial charge in [0.1, 0.15) is 10.8 Å². The Balaban J connectivity index is 1.82. The molecule has 0 saturated heterocycles. The van der Waals surface area contributed by atoms with Gasteiger partial charge in [-0.25, -0.2) is 8.42 Å². The number of ether oxygens (including phenoxy) is 1. The molecule has 0 fully saturated rings. The third kappa shape index (κ3) is 5.15. The molecule has 0 saturated carbocycles. The van der Waals surface area contributed by atoms with Gasteiger partial charge in [-0.1, -0.05) is 24.3 Å². The zero-order valence-electron chi connectivity index (χ0n) is 12.8. The Kier molecular flexibility index (Phi) is 6.07. The number of hydrogen-bond donors (Lipinski definition) is 2. The molecule has 1 unspecified atom stereocenters. The van der Waals surface area contributed by atoms with E-state index in [4.69, 9.17) is 4.74 Å². The highest BCUT2D eigenvalue weighted by molar-refractivity contribution is 7.91. The summed E-state index contributed by atoms with van der Waals surface area (Å²) in [6.07, 6.45) is -1.05. The van der Waals surface area contributed by atoms with E-state index >= 15 is 0 Å². The number of para-hydroxylation sites is 1. The minimum absolute atomic E-state index is 0.102. The van der Waals surface area contributed by atoms with Crippen molar-refractivity contribution in [2.24, 2.45) is 0 Å². The maximum absolute atomic E-state index is 11.9. The largest absolute Gasteiger partial charge is 0.452 e. The smallest absolute Gasteiger partial charge is 0.321 e. The molecule has 2 aromatic rings. The average Bonchev–Trinajstić information content (AvgIpc) is 3.09. The Bertz CT molecular complexity index is 789. The lowest BCUT2D eigenvalue weighted by Crippen LogP contribution is -2.35. The van der Waals surface area contributed by atoms with Gasteiger partial charge in [0.05, 0.1) is 0 Å². The molecule has 0 radical (unpaired) electrons. The molecule has 0 bridgehead atoms. The van der Waals surface area contributed by atoms with Gasteiger partial charge >= 0.3 is 5.97 Å². The van der Waals surface area contributed by atoms with Gasteiger partial charge < -0.3 is 10.1 Å². The summed E-state index contributed by atoms with van der Waals surface area (Å²) in [6.45, 7) is 0.854. The highest BCUT2D eigenvalue weighted by Gasteiger charge is 2.21. The van der Waals surface area contributed by atoms with E-state index in [0.717, 1.165) is 11.3 Å². The monoisotopic (exact) mass is 368 g/mol. The van der Waals surface area contributed by atoms with Gasteiger partial charge in [-0.05, 0) is 30.5 Å². The molecule has 0 aliphatic carbocycles. The molecule has 1 atom stereocenters. The molecule has 24 heavy (non-hydrogen) atoms. The number of anilines is 1. The first kappa shape index (κ1) is 18.1. The van der Waals surface area contributed by atoms with E-state index in [9.17, 15) is 18.0 Å². The van der Waals surface area contributed by atoms with Crippen LogP contribution >= 0.6 is 11.3 Å². The molecule has 0 spiro atoms. The summed E-state index contributed by atoms with van der Waals surface area (Å²) in [5.74, 6) is -1.35. The van der Waals surface area contributed by atoms with E-state index < -0.39 is 34.5 Å². The van der Waals surface area contributed by atoms with Crippen LogP contribution in [0.2, 0.25) is 0 Å². The van der Waals surface area contributed by atoms with Crippen LogP contribution in [-0.2, 0) is 24.3 Å². The first-order chi connectivity index (χ1) is 11.4. The molecule has 0 aliphatic heterocycles. The molecule has 9 heteroatoms. The van der Waals surface area contributed by atoms with Gasteiger partial charge in [-0.15, -0.1) is 11.3 Å². The van der Waals surface area contributed by atoms with Crippen molar-refractivity contribution in [2.75, 3.05) is 11.9 Å². The number of esters is 1.